The summed E-state index contributed by atoms with van der Waals surface area (Å²) >= 11 is 0. The molecule has 19 nitrogen and oxygen atoms in total. The number of aliphatic imine (C=N–C) groups is 1. The number of carbonyl (C=O) groups excluding carboxylic acids is 2. The number of rotatable bonds is 20. The van der Waals surface area contributed by atoms with Crippen LogP contribution in [0.3, 0.4) is 0 Å². The van der Waals surface area contributed by atoms with Crippen LogP contribution in [-0.4, -0.2) is 64.9 Å². The van der Waals surface area contributed by atoms with E-state index in [1.807, 2.05) is 6.07 Å². The maximum atomic E-state index is 12.8. The molecule has 0 aliphatic carbocycles. The summed E-state index contributed by atoms with van der Waals surface area (Å²) in [4.78, 5) is 30.0. The first kappa shape index (κ1) is 43.5. The third kappa shape index (κ3) is 17.0. The Kier molecular flexibility index (Phi) is 18.0. The van der Waals surface area contributed by atoms with Crippen LogP contribution < -0.4 is 50.8 Å². The molecule has 17 N–H and O–H groups in total. The number of hydrogen-bond acceptors (Lipinski definition) is 10. The van der Waals surface area contributed by atoms with Crippen molar-refractivity contribution in [3.8, 4) is 0 Å². The Labute approximate surface area is 315 Å². The van der Waals surface area contributed by atoms with Gasteiger partial charge in [0.25, 0.3) is 0 Å². The average Bonchev–Trinajstić information content (AvgIpc) is 3.11. The SMILES string of the molecule is CC(=NCC(=N)N)c1cc(NC(=O)CCCCCCCCC(=O)Nc2cc(/C(C)=N/N=C(N)N)cc(/C(C)=N/N=C(N)N)c2)cc(/C(C)=N/N=C(N)N)c1. The standard InChI is InChI=1S/C35H53N17O2/c1-20(44-19-30(36)37)24-13-25(21(2)47-50-33(38)39)16-28(15-24)45-31(53)11-9-7-5-6-8-10-12-32(54)46-29-17-26(22(3)48-51-34(40)41)14-27(18-29)23(4)49-52-35(42)43/h13-18H,5-12,19H2,1-4H3,(H3,36,37)(H,45,53)(H,46,54)(H4,38,39,50)(H4,40,41,51)(H4,42,43,52)/b44-20?,47-21+,48-22+,49-23+. The molecule has 0 radical (unpaired) electrons. The van der Waals surface area contributed by atoms with Gasteiger partial charge in [0, 0.05) is 46.6 Å². The maximum Gasteiger partial charge on any atom is 0.224 e. The second kappa shape index (κ2) is 22.3. The highest BCUT2D eigenvalue weighted by atomic mass is 16.2. The molecule has 0 heterocycles. The zero-order valence-electron chi connectivity index (χ0n) is 31.3. The van der Waals surface area contributed by atoms with E-state index in [2.05, 4.69) is 46.2 Å². The zero-order chi connectivity index (χ0) is 40.2. The summed E-state index contributed by atoms with van der Waals surface area (Å²) < 4.78 is 0. The molecular weight excluding hydrogens is 691 g/mol. The summed E-state index contributed by atoms with van der Waals surface area (Å²) in [5, 5.41) is 36.6. The molecule has 290 valence electrons. The molecule has 0 fully saturated rings. The molecule has 2 amide bonds. The molecule has 0 saturated carbocycles. The normalized spacial score (nSPS) is 12.1. The molecule has 2 rings (SSSR count). The summed E-state index contributed by atoms with van der Waals surface area (Å²) in [5.74, 6) is -0.877. The van der Waals surface area contributed by atoms with Crippen molar-refractivity contribution in [1.82, 2.24) is 0 Å². The fraction of sp³-hybridized carbons (Fsp3) is 0.371. The molecule has 0 saturated heterocycles. The molecule has 2 aromatic rings. The Morgan fingerprint density at radius 2 is 0.815 bits per heavy atom. The molecule has 2 aromatic carbocycles. The van der Waals surface area contributed by atoms with E-state index in [1.165, 1.54) is 0 Å². The minimum Gasteiger partial charge on any atom is -0.386 e. The Morgan fingerprint density at radius 1 is 0.500 bits per heavy atom. The number of hydrogen-bond donors (Lipinski definition) is 10. The van der Waals surface area contributed by atoms with Gasteiger partial charge in [-0.1, -0.05) is 25.7 Å². The number of nitrogens with zero attached hydrogens (tertiary/aromatic N) is 7. The van der Waals surface area contributed by atoms with Gasteiger partial charge >= 0.3 is 0 Å². The lowest BCUT2D eigenvalue weighted by Crippen LogP contribution is -2.22. The van der Waals surface area contributed by atoms with Crippen molar-refractivity contribution in [2.45, 2.75) is 79.1 Å². The van der Waals surface area contributed by atoms with E-state index in [-0.39, 0.29) is 42.1 Å². The van der Waals surface area contributed by atoms with E-state index >= 15 is 0 Å². The van der Waals surface area contributed by atoms with Gasteiger partial charge in [-0.2, -0.15) is 15.3 Å². The summed E-state index contributed by atoms with van der Waals surface area (Å²) in [6.45, 7) is 7.05. The smallest absolute Gasteiger partial charge is 0.224 e. The highest BCUT2D eigenvalue weighted by molar-refractivity contribution is 6.07. The first-order chi connectivity index (χ1) is 25.5. The van der Waals surface area contributed by atoms with E-state index in [9.17, 15) is 9.59 Å². The van der Waals surface area contributed by atoms with E-state index in [0.29, 0.717) is 76.6 Å². The highest BCUT2D eigenvalue weighted by Crippen LogP contribution is 2.20. The van der Waals surface area contributed by atoms with Gasteiger partial charge in [0.05, 0.1) is 23.7 Å². The fourth-order valence-electron chi connectivity index (χ4n) is 4.83. The van der Waals surface area contributed by atoms with Gasteiger partial charge in [-0.05, 0) is 82.5 Å². The number of carbonyl (C=O) groups is 2. The Hall–Kier alpha value is -6.66. The quantitative estimate of drug-likeness (QED) is 0.0410. The van der Waals surface area contributed by atoms with E-state index in [1.54, 1.807) is 58.0 Å². The first-order valence-corrected chi connectivity index (χ1v) is 17.2. The first-order valence-electron chi connectivity index (χ1n) is 17.2. The summed E-state index contributed by atoms with van der Waals surface area (Å²) in [5.41, 5.74) is 44.0. The summed E-state index contributed by atoms with van der Waals surface area (Å²) in [7, 11) is 0. The van der Waals surface area contributed by atoms with Gasteiger partial charge in [0.15, 0.2) is 0 Å². The lowest BCUT2D eigenvalue weighted by Gasteiger charge is -2.11. The van der Waals surface area contributed by atoms with Crippen LogP contribution in [0.25, 0.3) is 0 Å². The van der Waals surface area contributed by atoms with E-state index in [4.69, 9.17) is 45.5 Å². The van der Waals surface area contributed by atoms with Gasteiger partial charge in [0.1, 0.15) is 5.84 Å². The highest BCUT2D eigenvalue weighted by Gasteiger charge is 2.12. The molecular formula is C35H53N17O2. The van der Waals surface area contributed by atoms with Crippen LogP contribution in [0.4, 0.5) is 11.4 Å². The number of amides is 2. The molecule has 54 heavy (non-hydrogen) atoms. The van der Waals surface area contributed by atoms with Crippen LogP contribution in [0.5, 0.6) is 0 Å². The zero-order valence-corrected chi connectivity index (χ0v) is 31.3. The largest absolute Gasteiger partial charge is 0.386 e. The van der Waals surface area contributed by atoms with Crippen molar-refractivity contribution < 1.29 is 9.59 Å². The number of guanidine groups is 3. The number of nitrogens with one attached hydrogen (secondary N) is 3. The van der Waals surface area contributed by atoms with Crippen LogP contribution in [0.15, 0.2) is 72.0 Å². The van der Waals surface area contributed by atoms with Gasteiger partial charge in [-0.15, -0.1) is 15.3 Å². The summed E-state index contributed by atoms with van der Waals surface area (Å²) in [6.07, 6.45) is 5.66. The van der Waals surface area contributed by atoms with E-state index in [0.717, 1.165) is 31.2 Å². The molecule has 0 aliphatic heterocycles. The molecule has 0 aliphatic rings. The third-order valence-corrected chi connectivity index (χ3v) is 7.60. The van der Waals surface area contributed by atoms with Crippen molar-refractivity contribution in [1.29, 1.82) is 5.41 Å². The minimum atomic E-state index is -0.184. The molecule has 0 spiro atoms. The number of amidine groups is 1. The number of unbranched alkanes of at least 4 members (excludes halogenated alkanes) is 5. The monoisotopic (exact) mass is 743 g/mol. The molecule has 0 bridgehead atoms. The van der Waals surface area contributed by atoms with Crippen LogP contribution in [0.1, 0.15) is 101 Å². The van der Waals surface area contributed by atoms with Crippen molar-refractivity contribution in [3.63, 3.8) is 0 Å². The molecule has 0 aromatic heterocycles. The second-order valence-corrected chi connectivity index (χ2v) is 12.4. The van der Waals surface area contributed by atoms with Crippen molar-refractivity contribution in [3.05, 3.63) is 58.7 Å². The fourth-order valence-corrected chi connectivity index (χ4v) is 4.83. The van der Waals surface area contributed by atoms with Crippen LogP contribution in [-0.2, 0) is 9.59 Å². The number of benzene rings is 2. The topological polar surface area (TPSA) is 351 Å². The van der Waals surface area contributed by atoms with Gasteiger partial charge in [0.2, 0.25) is 29.7 Å². The van der Waals surface area contributed by atoms with Crippen LogP contribution in [0.2, 0.25) is 0 Å². The predicted octanol–water partition coefficient (Wildman–Crippen LogP) is 2.12. The van der Waals surface area contributed by atoms with Gasteiger partial charge in [-0.3, -0.25) is 20.0 Å². The van der Waals surface area contributed by atoms with Crippen LogP contribution in [0, 0.1) is 5.41 Å². The lowest BCUT2D eigenvalue weighted by molar-refractivity contribution is -0.117. The van der Waals surface area contributed by atoms with Crippen molar-refractivity contribution in [2.24, 2.45) is 75.7 Å². The van der Waals surface area contributed by atoms with Crippen molar-refractivity contribution >= 4 is 69.8 Å². The van der Waals surface area contributed by atoms with Gasteiger partial charge in [-0.25, -0.2) is 0 Å². The Bertz CT molecular complexity index is 1810. The number of anilines is 2. The van der Waals surface area contributed by atoms with Crippen molar-refractivity contribution in [2.75, 3.05) is 17.2 Å². The Morgan fingerprint density at radius 3 is 1.13 bits per heavy atom. The third-order valence-electron chi connectivity index (χ3n) is 7.60. The second-order valence-electron chi connectivity index (χ2n) is 12.4. The Balaban J connectivity index is 1.91. The predicted molar refractivity (Wildman–Crippen MR) is 220 cm³/mol. The molecule has 0 atom stereocenters. The summed E-state index contributed by atoms with van der Waals surface area (Å²) in [6, 6.07) is 10.8. The number of nitrogens with two attached hydrogens (primary N) is 7. The molecule has 0 unspecified atom stereocenters. The maximum absolute atomic E-state index is 12.8. The van der Waals surface area contributed by atoms with Crippen LogP contribution >= 0.6 is 0 Å². The van der Waals surface area contributed by atoms with E-state index < -0.39 is 0 Å². The van der Waals surface area contributed by atoms with Gasteiger partial charge < -0.3 is 50.8 Å². The molecule has 19 heteroatoms. The average molecular weight is 744 g/mol. The minimum absolute atomic E-state index is 0.0558. The lowest BCUT2D eigenvalue weighted by atomic mass is 10.0.